The van der Waals surface area contributed by atoms with Crippen LogP contribution >= 0.6 is 11.3 Å². The Kier molecular flexibility index (Phi) is 5.24. The summed E-state index contributed by atoms with van der Waals surface area (Å²) in [4.78, 5) is 27.6. The first-order valence-corrected chi connectivity index (χ1v) is 8.27. The van der Waals surface area contributed by atoms with Crippen molar-refractivity contribution < 1.29 is 28.0 Å². The molecule has 0 aromatic carbocycles. The molecule has 0 saturated carbocycles. The maximum Gasteiger partial charge on any atom is 0.341 e. The van der Waals surface area contributed by atoms with Gasteiger partial charge in [0.05, 0.1) is 19.8 Å². The minimum absolute atomic E-state index is 0.0690. The van der Waals surface area contributed by atoms with Crippen LogP contribution in [0.25, 0.3) is 11.4 Å². The third-order valence-corrected chi connectivity index (χ3v) is 3.99. The summed E-state index contributed by atoms with van der Waals surface area (Å²) >= 11 is 1.53. The summed E-state index contributed by atoms with van der Waals surface area (Å²) in [6.07, 6.45) is 1.66. The Bertz CT molecular complexity index is 852. The number of aryl methyl sites for hydroxylation is 1. The maximum atomic E-state index is 11.8. The molecule has 0 radical (unpaired) electrons. The molecule has 0 amide bonds. The number of hydrogen-bond acceptors (Lipinski definition) is 9. The highest BCUT2D eigenvalue weighted by Crippen LogP contribution is 2.19. The summed E-state index contributed by atoms with van der Waals surface area (Å²) in [6.45, 7) is -0.153. The second kappa shape index (κ2) is 7.75. The molecule has 0 bridgehead atoms. The van der Waals surface area contributed by atoms with E-state index in [0.29, 0.717) is 11.7 Å². The van der Waals surface area contributed by atoms with Crippen molar-refractivity contribution in [3.05, 3.63) is 46.4 Å². The molecule has 3 aromatic heterocycles. The van der Waals surface area contributed by atoms with Crippen LogP contribution in [0.4, 0.5) is 0 Å². The standard InChI is InChI=1S/C16H14N2O6S/c1-21-16(20)11-4-6-22-12(11)8-23-14(19)3-2-13-17-15(18-24-13)10-5-7-25-9-10/h4-7,9H,2-3,8H2,1H3. The van der Waals surface area contributed by atoms with E-state index in [1.165, 1.54) is 30.8 Å². The zero-order chi connectivity index (χ0) is 17.6. The van der Waals surface area contributed by atoms with Gasteiger partial charge >= 0.3 is 11.9 Å². The predicted molar refractivity (Wildman–Crippen MR) is 85.8 cm³/mol. The molecule has 0 N–H and O–H groups in total. The highest BCUT2D eigenvalue weighted by atomic mass is 32.1. The molecule has 0 fully saturated rings. The van der Waals surface area contributed by atoms with Gasteiger partial charge in [0.25, 0.3) is 0 Å². The van der Waals surface area contributed by atoms with Gasteiger partial charge in [-0.3, -0.25) is 4.79 Å². The van der Waals surface area contributed by atoms with E-state index in [9.17, 15) is 9.59 Å². The van der Waals surface area contributed by atoms with Crippen LogP contribution in [-0.2, 0) is 27.3 Å². The fraction of sp³-hybridized carbons (Fsp3) is 0.250. The Morgan fingerprint density at radius 3 is 2.96 bits per heavy atom. The van der Waals surface area contributed by atoms with Crippen molar-refractivity contribution in [1.29, 1.82) is 0 Å². The fourth-order valence-corrected chi connectivity index (χ4v) is 2.67. The summed E-state index contributed by atoms with van der Waals surface area (Å²) < 4.78 is 19.9. The zero-order valence-corrected chi connectivity index (χ0v) is 14.1. The maximum absolute atomic E-state index is 11.8. The van der Waals surface area contributed by atoms with Gasteiger partial charge in [-0.25, -0.2) is 4.79 Å². The molecule has 25 heavy (non-hydrogen) atoms. The van der Waals surface area contributed by atoms with Crippen LogP contribution in [0.5, 0.6) is 0 Å². The number of hydrogen-bond donors (Lipinski definition) is 0. The second-order valence-electron chi connectivity index (χ2n) is 4.93. The summed E-state index contributed by atoms with van der Waals surface area (Å²) in [7, 11) is 1.26. The number of aromatic nitrogens is 2. The number of rotatable bonds is 7. The summed E-state index contributed by atoms with van der Waals surface area (Å²) in [5.41, 5.74) is 1.10. The number of carbonyl (C=O) groups excluding carboxylic acids is 2. The molecule has 0 aliphatic carbocycles. The average molecular weight is 362 g/mol. The lowest BCUT2D eigenvalue weighted by molar-refractivity contribution is -0.145. The molecule has 0 spiro atoms. The van der Waals surface area contributed by atoms with Crippen LogP contribution in [0.15, 0.2) is 38.1 Å². The number of furan rings is 1. The number of thiophene rings is 1. The number of methoxy groups -OCH3 is 1. The predicted octanol–water partition coefficient (Wildman–Crippen LogP) is 2.85. The number of esters is 2. The van der Waals surface area contributed by atoms with Crippen molar-refractivity contribution in [2.75, 3.05) is 7.11 Å². The lowest BCUT2D eigenvalue weighted by Gasteiger charge is -2.03. The van der Waals surface area contributed by atoms with Gasteiger partial charge in [0.2, 0.25) is 11.7 Å². The van der Waals surface area contributed by atoms with Crippen LogP contribution in [0, 0.1) is 0 Å². The van der Waals surface area contributed by atoms with Crippen molar-refractivity contribution in [3.8, 4) is 11.4 Å². The van der Waals surface area contributed by atoms with Gasteiger partial charge in [-0.05, 0) is 17.5 Å². The third kappa shape index (κ3) is 4.13. The third-order valence-electron chi connectivity index (χ3n) is 3.31. The minimum atomic E-state index is -0.549. The zero-order valence-electron chi connectivity index (χ0n) is 13.3. The van der Waals surface area contributed by atoms with E-state index >= 15 is 0 Å². The molecule has 0 saturated heterocycles. The van der Waals surface area contributed by atoms with Gasteiger partial charge in [-0.15, -0.1) is 0 Å². The van der Waals surface area contributed by atoms with Gasteiger partial charge in [-0.2, -0.15) is 16.3 Å². The largest absolute Gasteiger partial charge is 0.465 e. The Balaban J connectivity index is 1.49. The molecule has 0 atom stereocenters. The molecule has 0 unspecified atom stereocenters. The second-order valence-corrected chi connectivity index (χ2v) is 5.71. The van der Waals surface area contributed by atoms with Gasteiger partial charge in [-0.1, -0.05) is 5.16 Å². The normalized spacial score (nSPS) is 10.6. The number of ether oxygens (including phenoxy) is 2. The topological polar surface area (TPSA) is 105 Å². The van der Waals surface area contributed by atoms with Crippen molar-refractivity contribution in [2.45, 2.75) is 19.4 Å². The fourth-order valence-electron chi connectivity index (χ4n) is 2.04. The molecule has 0 aliphatic rings. The Morgan fingerprint density at radius 1 is 1.32 bits per heavy atom. The van der Waals surface area contributed by atoms with E-state index in [4.69, 9.17) is 13.7 Å². The van der Waals surface area contributed by atoms with E-state index in [1.54, 1.807) is 0 Å². The number of nitrogens with zero attached hydrogens (tertiary/aromatic N) is 2. The van der Waals surface area contributed by atoms with Gasteiger partial charge < -0.3 is 18.4 Å². The van der Waals surface area contributed by atoms with E-state index in [2.05, 4.69) is 14.9 Å². The monoisotopic (exact) mass is 362 g/mol. The van der Waals surface area contributed by atoms with Gasteiger partial charge in [0.1, 0.15) is 12.2 Å². The van der Waals surface area contributed by atoms with Crippen molar-refractivity contribution in [1.82, 2.24) is 10.1 Å². The molecule has 0 aliphatic heterocycles. The van der Waals surface area contributed by atoms with Gasteiger partial charge in [0, 0.05) is 17.4 Å². The summed E-state index contributed by atoms with van der Waals surface area (Å²) in [6, 6.07) is 3.34. The molecule has 130 valence electrons. The average Bonchev–Trinajstić information content (AvgIpc) is 3.38. The Morgan fingerprint density at radius 2 is 2.20 bits per heavy atom. The number of carbonyl (C=O) groups is 2. The highest BCUT2D eigenvalue weighted by molar-refractivity contribution is 7.08. The van der Waals surface area contributed by atoms with Crippen LogP contribution in [0.2, 0.25) is 0 Å². The quantitative estimate of drug-likeness (QED) is 0.591. The minimum Gasteiger partial charge on any atom is -0.465 e. The first kappa shape index (κ1) is 16.9. The Hall–Kier alpha value is -2.94. The van der Waals surface area contributed by atoms with E-state index < -0.39 is 11.9 Å². The first-order valence-electron chi connectivity index (χ1n) is 7.33. The van der Waals surface area contributed by atoms with E-state index in [0.717, 1.165) is 5.56 Å². The van der Waals surface area contributed by atoms with Crippen molar-refractivity contribution in [3.63, 3.8) is 0 Å². The van der Waals surface area contributed by atoms with Crippen LogP contribution in [0.1, 0.15) is 28.4 Å². The van der Waals surface area contributed by atoms with Crippen LogP contribution < -0.4 is 0 Å². The highest BCUT2D eigenvalue weighted by Gasteiger charge is 2.17. The summed E-state index contributed by atoms with van der Waals surface area (Å²) in [5.74, 6) is 0.0566. The molecular weight excluding hydrogens is 348 g/mol. The van der Waals surface area contributed by atoms with Crippen molar-refractivity contribution in [2.24, 2.45) is 0 Å². The molecule has 3 rings (SSSR count). The van der Waals surface area contributed by atoms with Crippen molar-refractivity contribution >= 4 is 23.3 Å². The lowest BCUT2D eigenvalue weighted by atomic mass is 10.2. The van der Waals surface area contributed by atoms with Gasteiger partial charge in [0.15, 0.2) is 5.76 Å². The molecule has 8 nitrogen and oxygen atoms in total. The smallest absolute Gasteiger partial charge is 0.341 e. The molecule has 3 aromatic rings. The molecule has 9 heteroatoms. The summed E-state index contributed by atoms with van der Waals surface area (Å²) in [5, 5.41) is 7.69. The lowest BCUT2D eigenvalue weighted by Crippen LogP contribution is -2.09. The Labute approximate surface area is 146 Å². The first-order chi connectivity index (χ1) is 12.2. The van der Waals surface area contributed by atoms with E-state index in [-0.39, 0.29) is 30.8 Å². The molecular formula is C16H14N2O6S. The molecule has 3 heterocycles. The van der Waals surface area contributed by atoms with Crippen LogP contribution in [-0.4, -0.2) is 29.2 Å². The SMILES string of the molecule is COC(=O)c1ccoc1COC(=O)CCc1nc(-c2ccsc2)no1. The van der Waals surface area contributed by atoms with E-state index in [1.807, 2.05) is 16.8 Å². The van der Waals surface area contributed by atoms with Crippen LogP contribution in [0.3, 0.4) is 0 Å².